The maximum absolute atomic E-state index is 12.6. The second-order valence-corrected chi connectivity index (χ2v) is 9.04. The number of methoxy groups -OCH3 is 2. The molecule has 0 radical (unpaired) electrons. The highest BCUT2D eigenvalue weighted by Crippen LogP contribution is 2.29. The van der Waals surface area contributed by atoms with Crippen LogP contribution in [0.15, 0.2) is 47.9 Å². The van der Waals surface area contributed by atoms with Crippen LogP contribution < -0.4 is 14.4 Å². The number of aryl methyl sites for hydroxylation is 1. The summed E-state index contributed by atoms with van der Waals surface area (Å²) in [7, 11) is -0.134. The van der Waals surface area contributed by atoms with Gasteiger partial charge in [0.05, 0.1) is 40.4 Å². The SMILES string of the molecule is COc1cc(C)c(C[NH+]2CCN(S(=O)(=O)/C=C/c3ccccc3)CC2)cc1OC. The van der Waals surface area contributed by atoms with Crippen LogP contribution in [0, 0.1) is 6.92 Å². The lowest BCUT2D eigenvalue weighted by molar-refractivity contribution is -0.917. The van der Waals surface area contributed by atoms with E-state index in [1.807, 2.05) is 42.5 Å². The van der Waals surface area contributed by atoms with Gasteiger partial charge in [-0.25, -0.2) is 8.42 Å². The van der Waals surface area contributed by atoms with Crippen LogP contribution in [0.1, 0.15) is 16.7 Å². The van der Waals surface area contributed by atoms with Gasteiger partial charge in [0.1, 0.15) is 6.54 Å². The molecule has 1 saturated heterocycles. The molecule has 3 rings (SSSR count). The predicted octanol–water partition coefficient (Wildman–Crippen LogP) is 1.71. The Labute approximate surface area is 173 Å². The van der Waals surface area contributed by atoms with Gasteiger partial charge in [-0.05, 0) is 36.3 Å². The van der Waals surface area contributed by atoms with Gasteiger partial charge in [-0.1, -0.05) is 30.3 Å². The van der Waals surface area contributed by atoms with Crippen LogP contribution in [-0.2, 0) is 16.6 Å². The number of sulfonamides is 1. The summed E-state index contributed by atoms with van der Waals surface area (Å²) in [5.74, 6) is 1.45. The molecule has 6 nitrogen and oxygen atoms in total. The molecule has 1 aliphatic heterocycles. The Kier molecular flexibility index (Phi) is 6.95. The van der Waals surface area contributed by atoms with Crippen molar-refractivity contribution in [3.63, 3.8) is 0 Å². The molecule has 0 bridgehead atoms. The molecule has 1 heterocycles. The summed E-state index contributed by atoms with van der Waals surface area (Å²) in [5.41, 5.74) is 3.22. The van der Waals surface area contributed by atoms with Crippen molar-refractivity contribution in [2.75, 3.05) is 40.4 Å². The number of piperazine rings is 1. The monoisotopic (exact) mass is 417 g/mol. The van der Waals surface area contributed by atoms with Gasteiger partial charge in [-0.3, -0.25) is 0 Å². The molecule has 1 aliphatic rings. The molecule has 2 aromatic rings. The van der Waals surface area contributed by atoms with Gasteiger partial charge in [0.15, 0.2) is 11.5 Å². The highest BCUT2D eigenvalue weighted by molar-refractivity contribution is 7.92. The molecule has 0 unspecified atom stereocenters. The van der Waals surface area contributed by atoms with Crippen LogP contribution >= 0.6 is 0 Å². The molecule has 2 aromatic carbocycles. The van der Waals surface area contributed by atoms with Gasteiger partial charge >= 0.3 is 0 Å². The number of hydrogen-bond acceptors (Lipinski definition) is 4. The smallest absolute Gasteiger partial charge is 0.236 e. The summed E-state index contributed by atoms with van der Waals surface area (Å²) in [6.07, 6.45) is 1.65. The molecule has 0 atom stereocenters. The Morgan fingerprint density at radius 1 is 1.03 bits per heavy atom. The van der Waals surface area contributed by atoms with Crippen molar-refractivity contribution in [2.24, 2.45) is 0 Å². The van der Waals surface area contributed by atoms with Crippen molar-refractivity contribution in [3.05, 3.63) is 64.6 Å². The Morgan fingerprint density at radius 2 is 1.66 bits per heavy atom. The number of nitrogens with one attached hydrogen (secondary N) is 1. The van der Waals surface area contributed by atoms with E-state index in [1.165, 1.54) is 15.9 Å². The molecule has 156 valence electrons. The maximum Gasteiger partial charge on any atom is 0.236 e. The number of quaternary nitrogens is 1. The van der Waals surface area contributed by atoms with Crippen molar-refractivity contribution in [1.29, 1.82) is 0 Å². The molecule has 0 aliphatic carbocycles. The molecule has 1 N–H and O–H groups in total. The Hall–Kier alpha value is -2.35. The molecule has 0 saturated carbocycles. The number of benzene rings is 2. The van der Waals surface area contributed by atoms with Crippen molar-refractivity contribution < 1.29 is 22.8 Å². The molecular formula is C22H29N2O4S+. The van der Waals surface area contributed by atoms with Gasteiger partial charge in [-0.2, -0.15) is 4.31 Å². The molecule has 0 amide bonds. The van der Waals surface area contributed by atoms with E-state index in [0.717, 1.165) is 42.3 Å². The normalized spacial score (nSPS) is 16.2. The van der Waals surface area contributed by atoms with Gasteiger partial charge in [-0.15, -0.1) is 0 Å². The topological polar surface area (TPSA) is 60.3 Å². The fourth-order valence-electron chi connectivity index (χ4n) is 3.53. The summed E-state index contributed by atoms with van der Waals surface area (Å²) in [6.45, 7) is 5.47. The number of rotatable bonds is 7. The maximum atomic E-state index is 12.6. The van der Waals surface area contributed by atoms with E-state index in [1.54, 1.807) is 24.6 Å². The first-order chi connectivity index (χ1) is 13.9. The fraction of sp³-hybridized carbons (Fsp3) is 0.364. The summed E-state index contributed by atoms with van der Waals surface area (Å²) < 4.78 is 37.6. The molecular weight excluding hydrogens is 388 g/mol. The molecule has 0 aromatic heterocycles. The standard InChI is InChI=1S/C22H28N2O4S/c1-18-15-21(27-2)22(28-3)16-20(18)17-23-10-12-24(13-11-23)29(25,26)14-9-19-7-5-4-6-8-19/h4-9,14-16H,10-13,17H2,1-3H3/p+1/b14-9+. The van der Waals surface area contributed by atoms with Crippen molar-refractivity contribution >= 4 is 16.1 Å². The van der Waals surface area contributed by atoms with E-state index in [4.69, 9.17) is 9.47 Å². The summed E-state index contributed by atoms with van der Waals surface area (Å²) in [6, 6.07) is 13.5. The van der Waals surface area contributed by atoms with Crippen LogP contribution in [0.5, 0.6) is 11.5 Å². The zero-order valence-corrected chi connectivity index (χ0v) is 18.0. The average molecular weight is 418 g/mol. The van der Waals surface area contributed by atoms with Crippen LogP contribution in [-0.4, -0.2) is 53.1 Å². The second kappa shape index (κ2) is 9.43. The molecule has 29 heavy (non-hydrogen) atoms. The van der Waals surface area contributed by atoms with Gasteiger partial charge in [0.2, 0.25) is 10.0 Å². The van der Waals surface area contributed by atoms with Crippen LogP contribution in [0.2, 0.25) is 0 Å². The van der Waals surface area contributed by atoms with Gasteiger partial charge in [0, 0.05) is 11.0 Å². The number of hydrogen-bond donors (Lipinski definition) is 1. The molecule has 0 spiro atoms. The van der Waals surface area contributed by atoms with Gasteiger partial charge in [0.25, 0.3) is 0 Å². The van der Waals surface area contributed by atoms with E-state index in [-0.39, 0.29) is 0 Å². The summed E-state index contributed by atoms with van der Waals surface area (Å²) >= 11 is 0. The fourth-order valence-corrected chi connectivity index (χ4v) is 4.72. The van der Waals surface area contributed by atoms with Crippen molar-refractivity contribution in [2.45, 2.75) is 13.5 Å². The summed E-state index contributed by atoms with van der Waals surface area (Å²) in [5, 5.41) is 1.31. The summed E-state index contributed by atoms with van der Waals surface area (Å²) in [4.78, 5) is 1.36. The highest BCUT2D eigenvalue weighted by Gasteiger charge is 2.27. The Bertz CT molecular complexity index is 950. The second-order valence-electron chi connectivity index (χ2n) is 7.22. The Morgan fingerprint density at radius 3 is 2.28 bits per heavy atom. The highest BCUT2D eigenvalue weighted by atomic mass is 32.2. The quantitative estimate of drug-likeness (QED) is 0.745. The van der Waals surface area contributed by atoms with E-state index in [9.17, 15) is 8.42 Å². The zero-order chi connectivity index (χ0) is 20.9. The van der Waals surface area contributed by atoms with Gasteiger partial charge < -0.3 is 14.4 Å². The van der Waals surface area contributed by atoms with E-state index in [2.05, 4.69) is 6.92 Å². The number of nitrogens with zero attached hydrogens (tertiary/aromatic N) is 1. The third-order valence-electron chi connectivity index (χ3n) is 5.30. The van der Waals surface area contributed by atoms with E-state index < -0.39 is 10.0 Å². The van der Waals surface area contributed by atoms with E-state index in [0.29, 0.717) is 13.1 Å². The largest absolute Gasteiger partial charge is 0.493 e. The third kappa shape index (κ3) is 5.38. The minimum absolute atomic E-state index is 0.517. The lowest BCUT2D eigenvalue weighted by atomic mass is 10.1. The van der Waals surface area contributed by atoms with E-state index >= 15 is 0 Å². The van der Waals surface area contributed by atoms with Crippen molar-refractivity contribution in [3.8, 4) is 11.5 Å². The van der Waals surface area contributed by atoms with Crippen LogP contribution in [0.25, 0.3) is 6.08 Å². The minimum atomic E-state index is -3.40. The minimum Gasteiger partial charge on any atom is -0.493 e. The first-order valence-corrected chi connectivity index (χ1v) is 11.2. The third-order valence-corrected chi connectivity index (χ3v) is 6.87. The average Bonchev–Trinajstić information content (AvgIpc) is 2.74. The number of ether oxygens (including phenoxy) is 2. The lowest BCUT2D eigenvalue weighted by Crippen LogP contribution is -3.13. The van der Waals surface area contributed by atoms with Crippen LogP contribution in [0.4, 0.5) is 0 Å². The molecule has 1 fully saturated rings. The first-order valence-electron chi connectivity index (χ1n) is 9.71. The predicted molar refractivity (Wildman–Crippen MR) is 115 cm³/mol. The molecule has 7 heteroatoms. The first kappa shape index (κ1) is 21.4. The lowest BCUT2D eigenvalue weighted by Gasteiger charge is -2.31. The Balaban J connectivity index is 1.61. The van der Waals surface area contributed by atoms with Crippen molar-refractivity contribution in [1.82, 2.24) is 4.31 Å². The zero-order valence-electron chi connectivity index (χ0n) is 17.2. The van der Waals surface area contributed by atoms with Crippen LogP contribution in [0.3, 0.4) is 0 Å².